The van der Waals surface area contributed by atoms with Gasteiger partial charge in [0.1, 0.15) is 5.75 Å². The van der Waals surface area contributed by atoms with Crippen LogP contribution in [0.4, 0.5) is 5.69 Å². The summed E-state index contributed by atoms with van der Waals surface area (Å²) < 4.78 is 15.7. The molecule has 1 aromatic rings. The topological polar surface area (TPSA) is 74.7 Å². The third-order valence-electron chi connectivity index (χ3n) is 5.55. The lowest BCUT2D eigenvalue weighted by molar-refractivity contribution is -0.167. The van der Waals surface area contributed by atoms with Crippen molar-refractivity contribution in [2.24, 2.45) is 0 Å². The molecule has 1 N–H and O–H groups in total. The first-order chi connectivity index (χ1) is 14.0. The minimum Gasteiger partial charge on any atom is -0.497 e. The Morgan fingerprint density at radius 3 is 2.38 bits per heavy atom. The highest BCUT2D eigenvalue weighted by atomic mass is 16.6. The Bertz CT molecular complexity index is 648. The molecule has 0 unspecified atom stereocenters. The number of piperazine rings is 1. The van der Waals surface area contributed by atoms with E-state index < -0.39 is 12.2 Å². The van der Waals surface area contributed by atoms with Crippen LogP contribution in [0.3, 0.4) is 0 Å². The minimum absolute atomic E-state index is 0.0620. The molecule has 8 heteroatoms. The molecule has 0 amide bonds. The number of hydrogen-bond acceptors (Lipinski definition) is 8. The summed E-state index contributed by atoms with van der Waals surface area (Å²) >= 11 is 0. The number of anilines is 1. The number of esters is 1. The average molecular weight is 408 g/mol. The molecule has 2 saturated heterocycles. The molecule has 162 valence electrons. The van der Waals surface area contributed by atoms with Crippen molar-refractivity contribution in [3.8, 4) is 5.75 Å². The molecule has 0 aliphatic carbocycles. The summed E-state index contributed by atoms with van der Waals surface area (Å²) in [6.45, 7) is 7.93. The molecule has 2 aliphatic rings. The Kier molecular flexibility index (Phi) is 7.71. The first-order valence-electron chi connectivity index (χ1n) is 10.2. The van der Waals surface area contributed by atoms with Crippen LogP contribution in [-0.4, -0.2) is 106 Å². The van der Waals surface area contributed by atoms with Crippen molar-refractivity contribution in [3.05, 3.63) is 24.3 Å². The number of rotatable bonds is 7. The average Bonchev–Trinajstić information content (AvgIpc) is 2.73. The molecular weight excluding hydrogens is 374 g/mol. The predicted octanol–water partition coefficient (Wildman–Crippen LogP) is 0.440. The minimum atomic E-state index is -0.580. The Morgan fingerprint density at radius 2 is 1.76 bits per heavy atom. The lowest BCUT2D eigenvalue weighted by Gasteiger charge is -2.39. The van der Waals surface area contributed by atoms with Gasteiger partial charge in [0.25, 0.3) is 0 Å². The van der Waals surface area contributed by atoms with Gasteiger partial charge in [-0.2, -0.15) is 0 Å². The van der Waals surface area contributed by atoms with E-state index in [1.807, 2.05) is 19.1 Å². The fourth-order valence-corrected chi connectivity index (χ4v) is 4.09. The molecule has 0 aromatic heterocycles. The number of carbonyl (C=O) groups excluding carboxylic acids is 1. The normalized spacial score (nSPS) is 24.9. The van der Waals surface area contributed by atoms with Crippen LogP contribution in [0.2, 0.25) is 0 Å². The first-order valence-corrected chi connectivity index (χ1v) is 10.2. The first kappa shape index (κ1) is 21.8. The second kappa shape index (κ2) is 10.2. The third-order valence-corrected chi connectivity index (χ3v) is 5.55. The molecule has 1 aromatic carbocycles. The number of aliphatic hydroxyl groups is 1. The highest BCUT2D eigenvalue weighted by Crippen LogP contribution is 2.20. The van der Waals surface area contributed by atoms with Crippen LogP contribution in [0.15, 0.2) is 24.3 Å². The molecule has 0 spiro atoms. The Hall–Kier alpha value is -1.87. The van der Waals surface area contributed by atoms with Crippen LogP contribution in [0.5, 0.6) is 5.75 Å². The van der Waals surface area contributed by atoms with Gasteiger partial charge in [-0.25, -0.2) is 4.79 Å². The van der Waals surface area contributed by atoms with Crippen LogP contribution in [-0.2, 0) is 14.3 Å². The van der Waals surface area contributed by atoms with Gasteiger partial charge in [-0.3, -0.25) is 9.80 Å². The molecule has 0 saturated carbocycles. The van der Waals surface area contributed by atoms with Crippen LogP contribution < -0.4 is 9.64 Å². The van der Waals surface area contributed by atoms with E-state index >= 15 is 0 Å². The van der Waals surface area contributed by atoms with Crippen molar-refractivity contribution >= 4 is 11.7 Å². The number of morpholine rings is 1. The summed E-state index contributed by atoms with van der Waals surface area (Å²) in [6.07, 6.45) is -1.11. The SMILES string of the molecule is COC(=O)[C@@H]1CN(C[C@@H](O)CN2CCN(c3ccc(OC)cc3)CC2)C[C@@H](C)O1. The number of methoxy groups -OCH3 is 2. The third kappa shape index (κ3) is 6.05. The van der Waals surface area contributed by atoms with Crippen molar-refractivity contribution < 1.29 is 24.1 Å². The zero-order valence-electron chi connectivity index (χ0n) is 17.6. The van der Waals surface area contributed by atoms with E-state index in [0.29, 0.717) is 26.2 Å². The molecule has 3 rings (SSSR count). The lowest BCUT2D eigenvalue weighted by Crippen LogP contribution is -2.54. The van der Waals surface area contributed by atoms with E-state index in [4.69, 9.17) is 14.2 Å². The summed E-state index contributed by atoms with van der Waals surface area (Å²) in [5.41, 5.74) is 1.20. The fraction of sp³-hybridized carbons (Fsp3) is 0.667. The summed E-state index contributed by atoms with van der Waals surface area (Å²) in [5.74, 6) is 0.507. The van der Waals surface area contributed by atoms with Gasteiger partial charge in [-0.05, 0) is 31.2 Å². The zero-order chi connectivity index (χ0) is 20.8. The second-order valence-corrected chi connectivity index (χ2v) is 7.82. The standard InChI is InChI=1S/C21H33N3O5/c1-16-12-23(15-20(29-16)21(26)28-3)14-18(25)13-22-8-10-24(11-9-22)17-4-6-19(27-2)7-5-17/h4-7,16,18,20,25H,8-15H2,1-3H3/t16-,18+,20+/m1/s1. The molecule has 0 radical (unpaired) electrons. The second-order valence-electron chi connectivity index (χ2n) is 7.82. The van der Waals surface area contributed by atoms with Crippen molar-refractivity contribution in [1.82, 2.24) is 9.80 Å². The predicted molar refractivity (Wildman–Crippen MR) is 110 cm³/mol. The highest BCUT2D eigenvalue weighted by Gasteiger charge is 2.32. The lowest BCUT2D eigenvalue weighted by atomic mass is 10.2. The molecule has 2 fully saturated rings. The maximum atomic E-state index is 11.8. The van der Waals surface area contributed by atoms with Crippen molar-refractivity contribution in [2.75, 3.05) is 71.5 Å². The Morgan fingerprint density at radius 1 is 1.10 bits per heavy atom. The van der Waals surface area contributed by atoms with Crippen LogP contribution in [0, 0.1) is 0 Å². The van der Waals surface area contributed by atoms with E-state index in [1.165, 1.54) is 12.8 Å². The quantitative estimate of drug-likeness (QED) is 0.653. The Balaban J connectivity index is 1.43. The number of β-amino-alcohol motifs (C(OH)–C–C–N with tert-alkyl or cyclic N) is 1. The maximum absolute atomic E-state index is 11.8. The fourth-order valence-electron chi connectivity index (χ4n) is 4.09. The van der Waals surface area contributed by atoms with Gasteiger partial charge in [0.2, 0.25) is 0 Å². The number of hydrogen-bond donors (Lipinski definition) is 1. The molecule has 29 heavy (non-hydrogen) atoms. The summed E-state index contributed by atoms with van der Waals surface area (Å²) in [5, 5.41) is 10.6. The van der Waals surface area contributed by atoms with E-state index in [0.717, 1.165) is 31.9 Å². The molecule has 3 atom stereocenters. The monoisotopic (exact) mass is 407 g/mol. The number of ether oxygens (including phenoxy) is 3. The van der Waals surface area contributed by atoms with E-state index in [9.17, 15) is 9.90 Å². The smallest absolute Gasteiger partial charge is 0.336 e. The van der Waals surface area contributed by atoms with Gasteiger partial charge < -0.3 is 24.2 Å². The number of benzene rings is 1. The van der Waals surface area contributed by atoms with Gasteiger partial charge in [0.15, 0.2) is 6.10 Å². The summed E-state index contributed by atoms with van der Waals surface area (Å²) in [4.78, 5) is 18.5. The zero-order valence-corrected chi connectivity index (χ0v) is 17.6. The summed E-state index contributed by atoms with van der Waals surface area (Å²) in [6, 6.07) is 8.13. The van der Waals surface area contributed by atoms with Crippen molar-refractivity contribution in [1.29, 1.82) is 0 Å². The van der Waals surface area contributed by atoms with Gasteiger partial charge in [0.05, 0.1) is 26.4 Å². The molecule has 8 nitrogen and oxygen atoms in total. The van der Waals surface area contributed by atoms with E-state index in [1.54, 1.807) is 7.11 Å². The number of aliphatic hydroxyl groups excluding tert-OH is 1. The molecule has 0 bridgehead atoms. The summed E-state index contributed by atoms with van der Waals surface area (Å²) in [7, 11) is 3.04. The molecule has 2 aliphatic heterocycles. The maximum Gasteiger partial charge on any atom is 0.336 e. The van der Waals surface area contributed by atoms with Gasteiger partial charge in [-0.15, -0.1) is 0 Å². The van der Waals surface area contributed by atoms with Crippen LogP contribution >= 0.6 is 0 Å². The van der Waals surface area contributed by atoms with Crippen LogP contribution in [0.1, 0.15) is 6.92 Å². The molecule has 2 heterocycles. The highest BCUT2D eigenvalue weighted by molar-refractivity contribution is 5.75. The van der Waals surface area contributed by atoms with Gasteiger partial charge >= 0.3 is 5.97 Å². The molecular formula is C21H33N3O5. The number of nitrogens with zero attached hydrogens (tertiary/aromatic N) is 3. The number of carbonyl (C=O) groups is 1. The van der Waals surface area contributed by atoms with Crippen LogP contribution in [0.25, 0.3) is 0 Å². The van der Waals surface area contributed by atoms with Crippen molar-refractivity contribution in [3.63, 3.8) is 0 Å². The van der Waals surface area contributed by atoms with Gasteiger partial charge in [0, 0.05) is 58.0 Å². The largest absolute Gasteiger partial charge is 0.497 e. The van der Waals surface area contributed by atoms with E-state index in [-0.39, 0.29) is 12.1 Å². The van der Waals surface area contributed by atoms with E-state index in [2.05, 4.69) is 26.8 Å². The van der Waals surface area contributed by atoms with Gasteiger partial charge in [-0.1, -0.05) is 0 Å². The van der Waals surface area contributed by atoms with Crippen molar-refractivity contribution in [2.45, 2.75) is 25.2 Å². The Labute approximate surface area is 172 Å².